The normalized spacial score (nSPS) is 15.7. The van der Waals surface area contributed by atoms with Gasteiger partial charge in [-0.15, -0.1) is 0 Å². The smallest absolute Gasteiger partial charge is 0.255 e. The van der Waals surface area contributed by atoms with E-state index < -0.39 is 0 Å². The summed E-state index contributed by atoms with van der Waals surface area (Å²) in [7, 11) is 3.35. The van der Waals surface area contributed by atoms with E-state index in [1.54, 1.807) is 44.4 Å². The first-order valence-electron chi connectivity index (χ1n) is 7.98. The van der Waals surface area contributed by atoms with Crippen LogP contribution in [-0.4, -0.2) is 37.4 Å². The zero-order valence-electron chi connectivity index (χ0n) is 14.1. The fraction of sp³-hybridized carbons (Fsp3) is 0.263. The molecule has 5 nitrogen and oxygen atoms in total. The molecule has 0 saturated heterocycles. The number of rotatable bonds is 3. The van der Waals surface area contributed by atoms with Crippen LogP contribution in [0, 0.1) is 5.92 Å². The number of nitrogens with zero attached hydrogens (tertiary/aromatic N) is 1. The van der Waals surface area contributed by atoms with Crippen LogP contribution in [0.2, 0.25) is 5.02 Å². The number of nitrogens with one attached hydrogen (secondary N) is 1. The van der Waals surface area contributed by atoms with E-state index >= 15 is 0 Å². The van der Waals surface area contributed by atoms with Crippen LogP contribution < -0.4 is 10.1 Å². The van der Waals surface area contributed by atoms with Gasteiger partial charge in [0.15, 0.2) is 0 Å². The first-order valence-corrected chi connectivity index (χ1v) is 8.36. The van der Waals surface area contributed by atoms with Crippen molar-refractivity contribution in [1.29, 1.82) is 0 Å². The molecule has 1 N–H and O–H groups in total. The van der Waals surface area contributed by atoms with E-state index in [4.69, 9.17) is 16.3 Å². The van der Waals surface area contributed by atoms with Crippen molar-refractivity contribution in [3.63, 3.8) is 0 Å². The molecule has 0 fully saturated rings. The van der Waals surface area contributed by atoms with Gasteiger partial charge in [0.2, 0.25) is 5.91 Å². The summed E-state index contributed by atoms with van der Waals surface area (Å²) in [5.74, 6) is 0.0858. The number of carbonyl (C=O) groups excluding carboxylic acids is 2. The van der Waals surface area contributed by atoms with Gasteiger partial charge in [-0.05, 0) is 42.3 Å². The molecule has 1 unspecified atom stereocenters. The molecular weight excluding hydrogens is 340 g/mol. The van der Waals surface area contributed by atoms with Crippen molar-refractivity contribution >= 4 is 29.1 Å². The molecule has 3 rings (SSSR count). The minimum absolute atomic E-state index is 0.159. The largest absolute Gasteiger partial charge is 0.492 e. The molecule has 2 aromatic carbocycles. The summed E-state index contributed by atoms with van der Waals surface area (Å²) in [5.41, 5.74) is 1.88. The summed E-state index contributed by atoms with van der Waals surface area (Å²) in [6.45, 7) is 0.296. The van der Waals surface area contributed by atoms with Crippen molar-refractivity contribution in [3.05, 3.63) is 58.6 Å². The Morgan fingerprint density at radius 1 is 1.20 bits per heavy atom. The van der Waals surface area contributed by atoms with Gasteiger partial charge < -0.3 is 15.0 Å². The highest BCUT2D eigenvalue weighted by atomic mass is 35.5. The highest BCUT2D eigenvalue weighted by molar-refractivity contribution is 6.30. The fourth-order valence-electron chi connectivity index (χ4n) is 2.79. The Labute approximate surface area is 151 Å². The van der Waals surface area contributed by atoms with Crippen molar-refractivity contribution in [2.45, 2.75) is 6.42 Å². The molecule has 0 saturated carbocycles. The number of fused-ring (bicyclic) bond motifs is 1. The summed E-state index contributed by atoms with van der Waals surface area (Å²) in [4.78, 5) is 26.4. The van der Waals surface area contributed by atoms with Gasteiger partial charge in [-0.3, -0.25) is 9.59 Å². The zero-order chi connectivity index (χ0) is 18.0. The number of hydrogen-bond acceptors (Lipinski definition) is 3. The van der Waals surface area contributed by atoms with E-state index in [0.29, 0.717) is 29.3 Å². The molecule has 2 amide bonds. The lowest BCUT2D eigenvalue weighted by Gasteiger charge is -2.25. The van der Waals surface area contributed by atoms with Gasteiger partial charge in [0.05, 0.1) is 17.2 Å². The molecular formula is C19H19ClN2O3. The third-order valence-electron chi connectivity index (χ3n) is 4.12. The molecule has 0 aliphatic carbocycles. The highest BCUT2D eigenvalue weighted by Crippen LogP contribution is 2.30. The van der Waals surface area contributed by atoms with E-state index in [-0.39, 0.29) is 17.7 Å². The molecule has 25 heavy (non-hydrogen) atoms. The number of amides is 2. The lowest BCUT2D eigenvalue weighted by Crippen LogP contribution is -2.33. The van der Waals surface area contributed by atoms with Crippen LogP contribution in [0.3, 0.4) is 0 Å². The first-order chi connectivity index (χ1) is 12.0. The number of para-hydroxylation sites is 1. The predicted octanol–water partition coefficient (Wildman–Crippen LogP) is 3.23. The monoisotopic (exact) mass is 358 g/mol. The van der Waals surface area contributed by atoms with Gasteiger partial charge in [-0.1, -0.05) is 23.7 Å². The Kier molecular flexibility index (Phi) is 4.95. The number of halogens is 1. The molecule has 1 aliphatic heterocycles. The predicted molar refractivity (Wildman–Crippen MR) is 97.2 cm³/mol. The number of hydrogen-bond donors (Lipinski definition) is 1. The molecule has 0 radical (unpaired) electrons. The molecule has 130 valence electrons. The van der Waals surface area contributed by atoms with Gasteiger partial charge in [0, 0.05) is 19.1 Å². The van der Waals surface area contributed by atoms with Crippen LogP contribution in [0.25, 0.3) is 0 Å². The summed E-state index contributed by atoms with van der Waals surface area (Å²) in [5, 5.41) is 3.48. The maximum absolute atomic E-state index is 12.7. The van der Waals surface area contributed by atoms with Crippen molar-refractivity contribution in [1.82, 2.24) is 4.90 Å². The molecule has 0 bridgehead atoms. The number of benzene rings is 2. The standard InChI is InChI=1S/C19H19ClN2O3/c1-22(2)19(24)15-5-3-4-6-16(15)21-18(23)13-9-12-10-14(20)7-8-17(12)25-11-13/h3-8,10,13H,9,11H2,1-2H3,(H,21,23). The number of ether oxygens (including phenoxy) is 1. The van der Waals surface area contributed by atoms with Crippen molar-refractivity contribution in [2.75, 3.05) is 26.0 Å². The summed E-state index contributed by atoms with van der Waals surface area (Å²) < 4.78 is 5.67. The minimum atomic E-state index is -0.339. The molecule has 0 spiro atoms. The maximum Gasteiger partial charge on any atom is 0.255 e. The third kappa shape index (κ3) is 3.77. The third-order valence-corrected chi connectivity index (χ3v) is 4.36. The Balaban J connectivity index is 1.77. The second-order valence-electron chi connectivity index (χ2n) is 6.20. The van der Waals surface area contributed by atoms with E-state index in [9.17, 15) is 9.59 Å². The second-order valence-corrected chi connectivity index (χ2v) is 6.63. The fourth-order valence-corrected chi connectivity index (χ4v) is 2.98. The Morgan fingerprint density at radius 3 is 2.72 bits per heavy atom. The summed E-state index contributed by atoms with van der Waals surface area (Å²) in [6.07, 6.45) is 0.547. The average molecular weight is 359 g/mol. The van der Waals surface area contributed by atoms with Crippen LogP contribution >= 0.6 is 11.6 Å². The zero-order valence-corrected chi connectivity index (χ0v) is 14.8. The molecule has 1 heterocycles. The number of anilines is 1. The Morgan fingerprint density at radius 2 is 1.96 bits per heavy atom. The van der Waals surface area contributed by atoms with E-state index in [2.05, 4.69) is 5.32 Å². The Bertz CT molecular complexity index is 820. The van der Waals surface area contributed by atoms with E-state index in [1.165, 1.54) is 4.90 Å². The van der Waals surface area contributed by atoms with Gasteiger partial charge in [-0.25, -0.2) is 0 Å². The molecule has 1 aliphatic rings. The Hall–Kier alpha value is -2.53. The average Bonchev–Trinajstić information content (AvgIpc) is 2.60. The van der Waals surface area contributed by atoms with Crippen molar-refractivity contribution in [2.24, 2.45) is 5.92 Å². The van der Waals surface area contributed by atoms with Crippen LogP contribution in [0.15, 0.2) is 42.5 Å². The lowest BCUT2D eigenvalue weighted by molar-refractivity contribution is -0.121. The van der Waals surface area contributed by atoms with Gasteiger partial charge in [0.1, 0.15) is 12.4 Å². The molecule has 1 atom stereocenters. The van der Waals surface area contributed by atoms with Crippen LogP contribution in [0.1, 0.15) is 15.9 Å². The van der Waals surface area contributed by atoms with Crippen LogP contribution in [-0.2, 0) is 11.2 Å². The first kappa shape index (κ1) is 17.3. The lowest BCUT2D eigenvalue weighted by atomic mass is 9.96. The topological polar surface area (TPSA) is 58.6 Å². The van der Waals surface area contributed by atoms with Crippen molar-refractivity contribution < 1.29 is 14.3 Å². The quantitative estimate of drug-likeness (QED) is 0.916. The van der Waals surface area contributed by atoms with Gasteiger partial charge >= 0.3 is 0 Å². The van der Waals surface area contributed by atoms with Crippen LogP contribution in [0.5, 0.6) is 5.75 Å². The van der Waals surface area contributed by atoms with Gasteiger partial charge in [0.25, 0.3) is 5.91 Å². The minimum Gasteiger partial charge on any atom is -0.492 e. The van der Waals surface area contributed by atoms with Gasteiger partial charge in [-0.2, -0.15) is 0 Å². The van der Waals surface area contributed by atoms with Crippen LogP contribution in [0.4, 0.5) is 5.69 Å². The van der Waals surface area contributed by atoms with Crippen molar-refractivity contribution in [3.8, 4) is 5.75 Å². The SMILES string of the molecule is CN(C)C(=O)c1ccccc1NC(=O)C1COc2ccc(Cl)cc2C1. The molecule has 6 heteroatoms. The second kappa shape index (κ2) is 7.15. The molecule has 0 aromatic heterocycles. The highest BCUT2D eigenvalue weighted by Gasteiger charge is 2.27. The van der Waals surface area contributed by atoms with E-state index in [0.717, 1.165) is 11.3 Å². The number of carbonyl (C=O) groups is 2. The summed E-state index contributed by atoms with van der Waals surface area (Å²) in [6, 6.07) is 12.4. The summed E-state index contributed by atoms with van der Waals surface area (Å²) >= 11 is 6.02. The molecule has 2 aromatic rings. The van der Waals surface area contributed by atoms with E-state index in [1.807, 2.05) is 12.1 Å². The maximum atomic E-state index is 12.7.